The quantitative estimate of drug-likeness (QED) is 0.263. The minimum absolute atomic E-state index is 0.0512. The van der Waals surface area contributed by atoms with E-state index in [1.165, 1.54) is 60.9 Å². The Morgan fingerprint density at radius 3 is 2.74 bits per heavy atom. The van der Waals surface area contributed by atoms with Gasteiger partial charge >= 0.3 is 0 Å². The molecule has 3 fully saturated rings. The van der Waals surface area contributed by atoms with Crippen LogP contribution in [0.15, 0.2) is 48.7 Å². The van der Waals surface area contributed by atoms with Crippen LogP contribution in [0.25, 0.3) is 33.2 Å². The number of aromatic nitrogens is 6. The zero-order chi connectivity index (χ0) is 28.3. The Labute approximate surface area is 246 Å². The first-order valence-corrected chi connectivity index (χ1v) is 15.6. The summed E-state index contributed by atoms with van der Waals surface area (Å²) in [4.78, 5) is 8.45. The van der Waals surface area contributed by atoms with Crippen molar-refractivity contribution in [2.24, 2.45) is 5.41 Å². The molecule has 2 aromatic carbocycles. The SMILES string of the molecule is CN(C)c1ccc2c(-c3cn(Cc4ccc5cc(CN6CCC7(CCC7)C6)[nH]c5c4)nn3)nn(C3CCCCO3)c2c1. The molecule has 1 saturated carbocycles. The predicted molar refractivity (Wildman–Crippen MR) is 165 cm³/mol. The molecule has 42 heavy (non-hydrogen) atoms. The molecule has 9 nitrogen and oxygen atoms in total. The van der Waals surface area contributed by atoms with Gasteiger partial charge in [0, 0.05) is 56.1 Å². The molecule has 3 aliphatic rings. The third kappa shape index (κ3) is 4.68. The molecule has 5 aromatic rings. The maximum Gasteiger partial charge on any atom is 0.150 e. The summed E-state index contributed by atoms with van der Waals surface area (Å²) in [5.41, 5.74) is 8.18. The number of H-pyrrole nitrogens is 1. The fraction of sp³-hybridized carbons (Fsp3) is 0.485. The van der Waals surface area contributed by atoms with E-state index in [9.17, 15) is 0 Å². The highest BCUT2D eigenvalue weighted by atomic mass is 16.5. The molecule has 0 amide bonds. The van der Waals surface area contributed by atoms with Gasteiger partial charge in [0.2, 0.25) is 0 Å². The molecular formula is C33H40N8O. The molecule has 2 saturated heterocycles. The molecule has 0 radical (unpaired) electrons. The number of hydrogen-bond acceptors (Lipinski definition) is 6. The van der Waals surface area contributed by atoms with Gasteiger partial charge in [-0.1, -0.05) is 23.8 Å². The Hall–Kier alpha value is -3.69. The maximum atomic E-state index is 6.14. The fourth-order valence-electron chi connectivity index (χ4n) is 7.31. The molecule has 1 unspecified atom stereocenters. The number of fused-ring (bicyclic) bond motifs is 2. The topological polar surface area (TPSA) is 80.0 Å². The van der Waals surface area contributed by atoms with Gasteiger partial charge in [0.25, 0.3) is 0 Å². The van der Waals surface area contributed by atoms with E-state index >= 15 is 0 Å². The van der Waals surface area contributed by atoms with E-state index in [2.05, 4.69) is 86.3 Å². The molecular weight excluding hydrogens is 524 g/mol. The zero-order valence-electron chi connectivity index (χ0n) is 24.7. The van der Waals surface area contributed by atoms with Gasteiger partial charge in [-0.05, 0) is 91.8 Å². The summed E-state index contributed by atoms with van der Waals surface area (Å²) in [6.45, 7) is 4.94. The zero-order valence-corrected chi connectivity index (χ0v) is 24.7. The van der Waals surface area contributed by atoms with Crippen molar-refractivity contribution in [2.75, 3.05) is 38.7 Å². The lowest BCUT2D eigenvalue weighted by atomic mass is 9.68. The number of hydrogen-bond donors (Lipinski definition) is 1. The Kier molecular flexibility index (Phi) is 6.33. The lowest BCUT2D eigenvalue weighted by molar-refractivity contribution is -0.0365. The minimum atomic E-state index is -0.0512. The molecule has 1 atom stereocenters. The van der Waals surface area contributed by atoms with Crippen LogP contribution in [0.5, 0.6) is 0 Å². The van der Waals surface area contributed by atoms with E-state index in [0.717, 1.165) is 60.4 Å². The number of nitrogens with one attached hydrogen (secondary N) is 1. The lowest BCUT2D eigenvalue weighted by Gasteiger charge is -2.38. The smallest absolute Gasteiger partial charge is 0.150 e. The number of ether oxygens (including phenoxy) is 1. The highest BCUT2D eigenvalue weighted by Crippen LogP contribution is 2.48. The normalized spacial score (nSPS) is 20.6. The maximum absolute atomic E-state index is 6.14. The Morgan fingerprint density at radius 2 is 1.95 bits per heavy atom. The number of rotatable bonds is 7. The number of benzene rings is 2. The summed E-state index contributed by atoms with van der Waals surface area (Å²) in [5.74, 6) is 0. The molecule has 1 N–H and O–H groups in total. The van der Waals surface area contributed by atoms with Crippen molar-refractivity contribution in [3.8, 4) is 11.4 Å². The van der Waals surface area contributed by atoms with Crippen molar-refractivity contribution < 1.29 is 4.74 Å². The van der Waals surface area contributed by atoms with Crippen molar-refractivity contribution in [1.29, 1.82) is 0 Å². The van der Waals surface area contributed by atoms with Crippen LogP contribution in [-0.4, -0.2) is 68.4 Å². The molecule has 1 aliphatic carbocycles. The van der Waals surface area contributed by atoms with Gasteiger partial charge in [0.1, 0.15) is 11.4 Å². The van der Waals surface area contributed by atoms with Crippen molar-refractivity contribution in [2.45, 2.75) is 64.3 Å². The van der Waals surface area contributed by atoms with Crippen LogP contribution in [0.4, 0.5) is 5.69 Å². The Bertz CT molecular complexity index is 1740. The molecule has 2 aliphatic heterocycles. The van der Waals surface area contributed by atoms with Crippen molar-refractivity contribution in [1.82, 2.24) is 34.7 Å². The number of aromatic amines is 1. The predicted octanol–water partition coefficient (Wildman–Crippen LogP) is 5.97. The van der Waals surface area contributed by atoms with Crippen LogP contribution in [0.3, 0.4) is 0 Å². The monoisotopic (exact) mass is 564 g/mol. The molecule has 8 rings (SSSR count). The minimum Gasteiger partial charge on any atom is -0.378 e. The summed E-state index contributed by atoms with van der Waals surface area (Å²) in [5, 5.41) is 16.5. The van der Waals surface area contributed by atoms with Crippen LogP contribution in [0.1, 0.15) is 62.4 Å². The van der Waals surface area contributed by atoms with Gasteiger partial charge in [-0.3, -0.25) is 4.90 Å². The molecule has 218 valence electrons. The highest BCUT2D eigenvalue weighted by molar-refractivity contribution is 5.94. The molecule has 3 aromatic heterocycles. The van der Waals surface area contributed by atoms with Crippen molar-refractivity contribution in [3.63, 3.8) is 0 Å². The average molecular weight is 565 g/mol. The van der Waals surface area contributed by atoms with Gasteiger partial charge < -0.3 is 14.6 Å². The number of nitrogens with zero attached hydrogens (tertiary/aromatic N) is 7. The molecule has 5 heterocycles. The van der Waals surface area contributed by atoms with Crippen LogP contribution >= 0.6 is 0 Å². The first kappa shape index (κ1) is 26.0. The van der Waals surface area contributed by atoms with E-state index in [-0.39, 0.29) is 6.23 Å². The van der Waals surface area contributed by atoms with Crippen LogP contribution in [0, 0.1) is 5.41 Å². The lowest BCUT2D eigenvalue weighted by Crippen LogP contribution is -2.32. The van der Waals surface area contributed by atoms with E-state index < -0.39 is 0 Å². The third-order valence-electron chi connectivity index (χ3n) is 9.83. The second-order valence-corrected chi connectivity index (χ2v) is 13.0. The number of anilines is 1. The van der Waals surface area contributed by atoms with Crippen LogP contribution in [0.2, 0.25) is 0 Å². The number of likely N-dealkylation sites (tertiary alicyclic amines) is 1. The van der Waals surface area contributed by atoms with Crippen LogP contribution < -0.4 is 4.90 Å². The van der Waals surface area contributed by atoms with Gasteiger partial charge in [-0.2, -0.15) is 5.10 Å². The summed E-state index contributed by atoms with van der Waals surface area (Å²) >= 11 is 0. The average Bonchev–Trinajstić information content (AvgIpc) is 3.77. The standard InChI is InChI=1S/C33H40N8O/c1-38(2)26-9-10-27-30(18-26)41(31-6-3-4-15-42-31)36-32(27)29-21-40(37-35-29)19-23-7-8-24-17-25(34-28(24)16-23)20-39-14-13-33(22-39)11-5-12-33/h7-10,16-18,21,31,34H,3-6,11-15,19-20,22H2,1-2H3. The summed E-state index contributed by atoms with van der Waals surface area (Å²) in [6.07, 6.45) is 10.8. The fourth-order valence-corrected chi connectivity index (χ4v) is 7.31. The van der Waals surface area contributed by atoms with E-state index in [0.29, 0.717) is 12.0 Å². The van der Waals surface area contributed by atoms with E-state index in [1.807, 2.05) is 10.9 Å². The second kappa shape index (κ2) is 10.2. The van der Waals surface area contributed by atoms with Gasteiger partial charge in [0.05, 0.1) is 18.3 Å². The molecule has 9 heteroatoms. The second-order valence-electron chi connectivity index (χ2n) is 13.0. The van der Waals surface area contributed by atoms with Crippen LogP contribution in [-0.2, 0) is 17.8 Å². The first-order chi connectivity index (χ1) is 20.5. The summed E-state index contributed by atoms with van der Waals surface area (Å²) < 4.78 is 10.1. The Balaban J connectivity index is 1.03. The van der Waals surface area contributed by atoms with Gasteiger partial charge in [-0.25, -0.2) is 9.36 Å². The Morgan fingerprint density at radius 1 is 1.02 bits per heavy atom. The third-order valence-corrected chi connectivity index (χ3v) is 9.83. The van der Waals surface area contributed by atoms with Crippen molar-refractivity contribution >= 4 is 27.5 Å². The largest absolute Gasteiger partial charge is 0.378 e. The van der Waals surface area contributed by atoms with E-state index in [1.54, 1.807) is 0 Å². The van der Waals surface area contributed by atoms with E-state index in [4.69, 9.17) is 9.84 Å². The summed E-state index contributed by atoms with van der Waals surface area (Å²) in [7, 11) is 4.13. The van der Waals surface area contributed by atoms with Gasteiger partial charge in [0.15, 0.2) is 6.23 Å². The van der Waals surface area contributed by atoms with Crippen molar-refractivity contribution in [3.05, 3.63) is 59.9 Å². The molecule has 1 spiro atoms. The summed E-state index contributed by atoms with van der Waals surface area (Å²) in [6, 6.07) is 15.5. The highest BCUT2D eigenvalue weighted by Gasteiger charge is 2.42. The van der Waals surface area contributed by atoms with Gasteiger partial charge in [-0.15, -0.1) is 5.10 Å². The molecule has 0 bridgehead atoms. The first-order valence-electron chi connectivity index (χ1n) is 15.6.